The third kappa shape index (κ3) is 5.15. The topological polar surface area (TPSA) is 157 Å². The zero-order chi connectivity index (χ0) is 22.7. The van der Waals surface area contributed by atoms with Crippen LogP contribution in [0.1, 0.15) is 27.9 Å². The van der Waals surface area contributed by atoms with Gasteiger partial charge in [0.15, 0.2) is 5.78 Å². The third-order valence-corrected chi connectivity index (χ3v) is 5.20. The Labute approximate surface area is 178 Å². The summed E-state index contributed by atoms with van der Waals surface area (Å²) in [6.45, 7) is 1.30. The van der Waals surface area contributed by atoms with E-state index >= 15 is 0 Å². The second-order valence-electron chi connectivity index (χ2n) is 7.56. The molecule has 31 heavy (non-hydrogen) atoms. The highest BCUT2D eigenvalue weighted by molar-refractivity contribution is 6.01. The molecule has 3 rings (SSSR count). The summed E-state index contributed by atoms with van der Waals surface area (Å²) in [6.07, 6.45) is -7.31. The molecule has 5 unspecified atom stereocenters. The van der Waals surface area contributed by atoms with Crippen LogP contribution < -0.4 is 4.74 Å². The van der Waals surface area contributed by atoms with Crippen molar-refractivity contribution in [1.29, 1.82) is 0 Å². The van der Waals surface area contributed by atoms with E-state index in [2.05, 4.69) is 0 Å². The largest absolute Gasteiger partial charge is 0.508 e. The number of rotatable bonds is 7. The van der Waals surface area contributed by atoms with Gasteiger partial charge in [0.1, 0.15) is 47.2 Å². The Balaban J connectivity index is 1.82. The molecule has 9 heteroatoms. The molecule has 1 fully saturated rings. The molecule has 9 nitrogen and oxygen atoms in total. The van der Waals surface area contributed by atoms with Crippen LogP contribution in [0.5, 0.6) is 17.2 Å². The SMILES string of the molecule is Cc1ccc(CCC(=O)c2c(O)cc(O)cc2OC2OC(CO)C(O)C(O)C2O)cc1. The minimum absolute atomic E-state index is 0.0342. The number of phenols is 2. The van der Waals surface area contributed by atoms with Crippen LogP contribution in [-0.4, -0.2) is 73.7 Å². The number of aryl methyl sites for hydroxylation is 2. The molecule has 0 bridgehead atoms. The van der Waals surface area contributed by atoms with E-state index in [0.717, 1.165) is 23.3 Å². The number of hydrogen-bond acceptors (Lipinski definition) is 9. The van der Waals surface area contributed by atoms with Gasteiger partial charge in [0.2, 0.25) is 6.29 Å². The van der Waals surface area contributed by atoms with Crippen LogP contribution in [0.3, 0.4) is 0 Å². The summed E-state index contributed by atoms with van der Waals surface area (Å²) in [6, 6.07) is 9.69. The highest BCUT2D eigenvalue weighted by Gasteiger charge is 2.45. The summed E-state index contributed by atoms with van der Waals surface area (Å²) in [4.78, 5) is 12.8. The maximum absolute atomic E-state index is 12.8. The number of aliphatic hydroxyl groups is 4. The van der Waals surface area contributed by atoms with Crippen molar-refractivity contribution in [3.8, 4) is 17.2 Å². The van der Waals surface area contributed by atoms with Gasteiger partial charge in [-0.2, -0.15) is 0 Å². The van der Waals surface area contributed by atoms with E-state index in [1.165, 1.54) is 0 Å². The Morgan fingerprint density at radius 1 is 1.03 bits per heavy atom. The lowest BCUT2D eigenvalue weighted by atomic mass is 9.98. The number of aliphatic hydroxyl groups excluding tert-OH is 4. The van der Waals surface area contributed by atoms with Crippen LogP contribution in [0.4, 0.5) is 0 Å². The molecule has 0 amide bonds. The predicted octanol–water partition coefficient (Wildman–Crippen LogP) is 0.400. The smallest absolute Gasteiger partial charge is 0.229 e. The van der Waals surface area contributed by atoms with Crippen LogP contribution in [0.15, 0.2) is 36.4 Å². The van der Waals surface area contributed by atoms with Gasteiger partial charge in [0.05, 0.1) is 6.61 Å². The Hall–Kier alpha value is -2.69. The molecular weight excluding hydrogens is 408 g/mol. The van der Waals surface area contributed by atoms with Crippen LogP contribution in [0.2, 0.25) is 0 Å². The van der Waals surface area contributed by atoms with Crippen molar-refractivity contribution in [2.75, 3.05) is 6.61 Å². The van der Waals surface area contributed by atoms with Crippen molar-refractivity contribution >= 4 is 5.78 Å². The van der Waals surface area contributed by atoms with E-state index in [1.54, 1.807) is 0 Å². The van der Waals surface area contributed by atoms with E-state index < -0.39 is 54.6 Å². The summed E-state index contributed by atoms with van der Waals surface area (Å²) in [5.74, 6) is -1.66. The van der Waals surface area contributed by atoms with Crippen molar-refractivity contribution in [3.05, 3.63) is 53.1 Å². The monoisotopic (exact) mass is 434 g/mol. The van der Waals surface area contributed by atoms with Crippen LogP contribution in [0, 0.1) is 6.92 Å². The minimum Gasteiger partial charge on any atom is -0.508 e. The van der Waals surface area contributed by atoms with Gasteiger partial charge >= 0.3 is 0 Å². The normalized spacial score (nSPS) is 25.9. The fourth-order valence-electron chi connectivity index (χ4n) is 3.39. The molecule has 1 aliphatic heterocycles. The summed E-state index contributed by atoms with van der Waals surface area (Å²) >= 11 is 0. The number of hydrogen-bond donors (Lipinski definition) is 6. The van der Waals surface area contributed by atoms with Gasteiger partial charge in [0.25, 0.3) is 0 Å². The van der Waals surface area contributed by atoms with Crippen molar-refractivity contribution < 1.29 is 44.9 Å². The first-order valence-corrected chi connectivity index (χ1v) is 9.83. The van der Waals surface area contributed by atoms with Gasteiger partial charge < -0.3 is 40.1 Å². The number of aromatic hydroxyl groups is 2. The Kier molecular flexibility index (Phi) is 7.14. The minimum atomic E-state index is -1.71. The average molecular weight is 434 g/mol. The summed E-state index contributed by atoms with van der Waals surface area (Å²) in [5, 5.41) is 59.4. The van der Waals surface area contributed by atoms with Crippen LogP contribution in [0.25, 0.3) is 0 Å². The molecule has 0 saturated carbocycles. The van der Waals surface area contributed by atoms with Crippen LogP contribution in [-0.2, 0) is 11.2 Å². The standard InChI is InChI=1S/C22H26O9/c1-11-2-4-12(5-3-11)6-7-14(25)18-15(26)8-13(24)9-16(18)30-22-21(29)20(28)19(27)17(10-23)31-22/h2-5,8-9,17,19-24,26-29H,6-7,10H2,1H3. The number of ketones is 1. The van der Waals surface area contributed by atoms with Crippen molar-refractivity contribution in [2.45, 2.75) is 50.5 Å². The van der Waals surface area contributed by atoms with Gasteiger partial charge in [-0.15, -0.1) is 0 Å². The van der Waals surface area contributed by atoms with E-state index in [9.17, 15) is 35.4 Å². The molecule has 168 valence electrons. The molecule has 2 aromatic rings. The van der Waals surface area contributed by atoms with Crippen molar-refractivity contribution in [3.63, 3.8) is 0 Å². The highest BCUT2D eigenvalue weighted by Crippen LogP contribution is 2.36. The van der Waals surface area contributed by atoms with Gasteiger partial charge in [-0.3, -0.25) is 4.79 Å². The fraction of sp³-hybridized carbons (Fsp3) is 0.409. The van der Waals surface area contributed by atoms with Crippen molar-refractivity contribution in [2.24, 2.45) is 0 Å². The number of benzene rings is 2. The predicted molar refractivity (Wildman–Crippen MR) is 108 cm³/mol. The first-order chi connectivity index (χ1) is 14.7. The molecule has 0 spiro atoms. The number of phenolic OH excluding ortho intramolecular Hbond substituents is 2. The molecule has 2 aromatic carbocycles. The van der Waals surface area contributed by atoms with E-state index in [0.29, 0.717) is 6.42 Å². The molecule has 6 N–H and O–H groups in total. The van der Waals surface area contributed by atoms with Gasteiger partial charge in [-0.25, -0.2) is 0 Å². The van der Waals surface area contributed by atoms with E-state index in [4.69, 9.17) is 9.47 Å². The Morgan fingerprint density at radius 3 is 2.35 bits per heavy atom. The molecule has 1 heterocycles. The molecular formula is C22H26O9. The van der Waals surface area contributed by atoms with E-state index in [1.807, 2.05) is 31.2 Å². The first-order valence-electron chi connectivity index (χ1n) is 9.83. The lowest BCUT2D eigenvalue weighted by Gasteiger charge is -2.39. The number of carbonyl (C=O) groups excluding carboxylic acids is 1. The highest BCUT2D eigenvalue weighted by atomic mass is 16.7. The number of ether oxygens (including phenoxy) is 2. The molecule has 0 aliphatic carbocycles. The fourth-order valence-corrected chi connectivity index (χ4v) is 3.39. The van der Waals surface area contributed by atoms with Crippen molar-refractivity contribution in [1.82, 2.24) is 0 Å². The quantitative estimate of drug-likeness (QED) is 0.339. The molecule has 1 aliphatic rings. The average Bonchev–Trinajstić information content (AvgIpc) is 2.73. The zero-order valence-corrected chi connectivity index (χ0v) is 16.9. The first kappa shape index (κ1) is 23.0. The third-order valence-electron chi connectivity index (χ3n) is 5.20. The summed E-state index contributed by atoms with van der Waals surface area (Å²) in [7, 11) is 0. The molecule has 5 atom stereocenters. The van der Waals surface area contributed by atoms with Gasteiger partial charge in [-0.05, 0) is 18.9 Å². The van der Waals surface area contributed by atoms with E-state index in [-0.39, 0.29) is 17.7 Å². The van der Waals surface area contributed by atoms with Gasteiger partial charge in [0, 0.05) is 18.6 Å². The molecule has 1 saturated heterocycles. The lowest BCUT2D eigenvalue weighted by Crippen LogP contribution is -2.60. The second kappa shape index (κ2) is 9.63. The summed E-state index contributed by atoms with van der Waals surface area (Å²) < 4.78 is 10.8. The Bertz CT molecular complexity index is 910. The molecule has 0 aromatic heterocycles. The number of Topliss-reactive ketones (excluding diaryl/α,β-unsaturated/α-hetero) is 1. The maximum Gasteiger partial charge on any atom is 0.229 e. The Morgan fingerprint density at radius 2 is 1.71 bits per heavy atom. The summed E-state index contributed by atoms with van der Waals surface area (Å²) in [5.41, 5.74) is 1.79. The van der Waals surface area contributed by atoms with Crippen LogP contribution >= 0.6 is 0 Å². The molecule has 0 radical (unpaired) electrons. The number of carbonyl (C=O) groups is 1. The maximum atomic E-state index is 12.8. The second-order valence-corrected chi connectivity index (χ2v) is 7.56. The lowest BCUT2D eigenvalue weighted by molar-refractivity contribution is -0.277. The van der Waals surface area contributed by atoms with Gasteiger partial charge in [-0.1, -0.05) is 29.8 Å². The zero-order valence-electron chi connectivity index (χ0n) is 16.9.